The van der Waals surface area contributed by atoms with E-state index in [4.69, 9.17) is 4.74 Å². The lowest BCUT2D eigenvalue weighted by Gasteiger charge is -2.18. The van der Waals surface area contributed by atoms with Gasteiger partial charge in [-0.3, -0.25) is 0 Å². The zero-order chi connectivity index (χ0) is 17.4. The molecule has 0 amide bonds. The van der Waals surface area contributed by atoms with Gasteiger partial charge in [-0.2, -0.15) is 0 Å². The Morgan fingerprint density at radius 2 is 2.17 bits per heavy atom. The largest absolute Gasteiger partial charge is 0.489 e. The summed E-state index contributed by atoms with van der Waals surface area (Å²) in [4.78, 5) is 17.2. The second kappa shape index (κ2) is 8.67. The van der Waals surface area contributed by atoms with Gasteiger partial charge in [-0.1, -0.05) is 12.1 Å². The van der Waals surface area contributed by atoms with Crippen LogP contribution >= 0.6 is 0 Å². The summed E-state index contributed by atoms with van der Waals surface area (Å²) in [5, 5.41) is 0. The molecule has 1 heterocycles. The van der Waals surface area contributed by atoms with Crippen LogP contribution in [0.5, 0.6) is 5.75 Å². The third-order valence-electron chi connectivity index (χ3n) is 3.29. The highest BCUT2D eigenvalue weighted by molar-refractivity contribution is 5.86. The molecule has 0 bridgehead atoms. The molecule has 0 saturated heterocycles. The number of carbonyl (C=O) groups is 1. The number of methoxy groups -OCH3 is 1. The number of likely N-dealkylation sites (N-methyl/N-ethyl adjacent to an activating group) is 1. The minimum Gasteiger partial charge on any atom is -0.489 e. The molecule has 0 spiro atoms. The van der Waals surface area contributed by atoms with E-state index < -0.39 is 11.8 Å². The number of halogens is 1. The molecule has 0 unspecified atom stereocenters. The van der Waals surface area contributed by atoms with Crippen molar-refractivity contribution in [2.24, 2.45) is 0 Å². The molecule has 0 saturated carbocycles. The summed E-state index contributed by atoms with van der Waals surface area (Å²) in [5.74, 6) is 0.0142. The lowest BCUT2D eigenvalue weighted by molar-refractivity contribution is -0.134. The molecule has 2 rings (SSSR count). The van der Waals surface area contributed by atoms with Gasteiger partial charge in [-0.05, 0) is 35.9 Å². The molecule has 1 aromatic heterocycles. The van der Waals surface area contributed by atoms with E-state index in [1.54, 1.807) is 12.3 Å². The van der Waals surface area contributed by atoms with Gasteiger partial charge in [0.25, 0.3) is 0 Å². The van der Waals surface area contributed by atoms with Crippen LogP contribution in [0.1, 0.15) is 5.56 Å². The van der Waals surface area contributed by atoms with Crippen LogP contribution in [-0.2, 0) is 9.53 Å². The number of rotatable bonds is 7. The number of anilines is 1. The van der Waals surface area contributed by atoms with Crippen molar-refractivity contribution in [3.8, 4) is 5.75 Å². The Kier molecular flexibility index (Phi) is 6.31. The Hall–Kier alpha value is -2.89. The summed E-state index contributed by atoms with van der Waals surface area (Å²) in [6.07, 6.45) is 4.43. The number of carbonyl (C=O) groups excluding carboxylic acids is 1. The number of hydrogen-bond acceptors (Lipinski definition) is 5. The molecule has 1 aromatic carbocycles. The maximum absolute atomic E-state index is 14.0. The fourth-order valence-corrected chi connectivity index (χ4v) is 1.96. The van der Waals surface area contributed by atoms with Crippen LogP contribution in [0.3, 0.4) is 0 Å². The lowest BCUT2D eigenvalue weighted by atomic mass is 10.2. The Morgan fingerprint density at radius 3 is 2.83 bits per heavy atom. The number of nitrogens with zero attached hydrogens (tertiary/aromatic N) is 2. The first-order chi connectivity index (χ1) is 11.6. The second-order valence-electron chi connectivity index (χ2n) is 5.00. The predicted molar refractivity (Wildman–Crippen MR) is 90.5 cm³/mol. The SMILES string of the molecule is COC(=O)/C=C/c1ccc(OCCN(C)c2ccccn2)c(F)c1. The molecule has 0 N–H and O–H groups in total. The van der Waals surface area contributed by atoms with Crippen molar-refractivity contribution in [3.05, 3.63) is 60.1 Å². The van der Waals surface area contributed by atoms with Gasteiger partial charge >= 0.3 is 5.97 Å². The minimum absolute atomic E-state index is 0.166. The molecule has 24 heavy (non-hydrogen) atoms. The molecule has 5 nitrogen and oxygen atoms in total. The maximum atomic E-state index is 14.0. The molecule has 0 aliphatic heterocycles. The van der Waals surface area contributed by atoms with Crippen molar-refractivity contribution in [2.45, 2.75) is 0 Å². The van der Waals surface area contributed by atoms with E-state index in [1.165, 1.54) is 31.4 Å². The molecule has 0 radical (unpaired) electrons. The third-order valence-corrected chi connectivity index (χ3v) is 3.29. The molecule has 6 heteroatoms. The van der Waals surface area contributed by atoms with E-state index >= 15 is 0 Å². The molecule has 2 aromatic rings. The van der Waals surface area contributed by atoms with Crippen molar-refractivity contribution in [1.29, 1.82) is 0 Å². The van der Waals surface area contributed by atoms with Gasteiger partial charge in [-0.25, -0.2) is 14.2 Å². The van der Waals surface area contributed by atoms with Crippen LogP contribution in [0.4, 0.5) is 10.2 Å². The van der Waals surface area contributed by atoms with E-state index in [9.17, 15) is 9.18 Å². The van der Waals surface area contributed by atoms with Crippen LogP contribution in [0.25, 0.3) is 6.08 Å². The minimum atomic E-state index is -0.492. The molecule has 0 aliphatic carbocycles. The quantitative estimate of drug-likeness (QED) is 0.577. The van der Waals surface area contributed by atoms with Crippen LogP contribution in [0, 0.1) is 5.82 Å². The normalized spacial score (nSPS) is 10.6. The highest BCUT2D eigenvalue weighted by Crippen LogP contribution is 2.19. The fraction of sp³-hybridized carbons (Fsp3) is 0.222. The first-order valence-electron chi connectivity index (χ1n) is 7.40. The Labute approximate surface area is 140 Å². The second-order valence-corrected chi connectivity index (χ2v) is 5.00. The van der Waals surface area contributed by atoms with Gasteiger partial charge in [0.15, 0.2) is 11.6 Å². The van der Waals surface area contributed by atoms with E-state index in [1.807, 2.05) is 30.1 Å². The summed E-state index contributed by atoms with van der Waals surface area (Å²) in [7, 11) is 3.18. The van der Waals surface area contributed by atoms with Crippen molar-refractivity contribution in [3.63, 3.8) is 0 Å². The highest BCUT2D eigenvalue weighted by Gasteiger charge is 2.06. The number of pyridine rings is 1. The van der Waals surface area contributed by atoms with Gasteiger partial charge in [-0.15, -0.1) is 0 Å². The van der Waals surface area contributed by atoms with Crippen LogP contribution in [0.15, 0.2) is 48.7 Å². The summed E-state index contributed by atoms with van der Waals surface area (Å²) in [5.41, 5.74) is 0.552. The zero-order valence-corrected chi connectivity index (χ0v) is 13.6. The van der Waals surface area contributed by atoms with Gasteiger partial charge in [0, 0.05) is 19.3 Å². The molecule has 0 aliphatic rings. The van der Waals surface area contributed by atoms with Crippen molar-refractivity contribution >= 4 is 17.9 Å². The first kappa shape index (κ1) is 17.5. The molecule has 0 atom stereocenters. The molecule has 0 fully saturated rings. The highest BCUT2D eigenvalue weighted by atomic mass is 19.1. The number of aromatic nitrogens is 1. The summed E-state index contributed by atoms with van der Waals surface area (Å²) < 4.78 is 24.0. The van der Waals surface area contributed by atoms with Gasteiger partial charge in [0.05, 0.1) is 13.7 Å². The lowest BCUT2D eigenvalue weighted by Crippen LogP contribution is -2.24. The predicted octanol–water partition coefficient (Wildman–Crippen LogP) is 2.92. The van der Waals surface area contributed by atoms with Crippen LogP contribution < -0.4 is 9.64 Å². The van der Waals surface area contributed by atoms with Gasteiger partial charge < -0.3 is 14.4 Å². The van der Waals surface area contributed by atoms with E-state index in [2.05, 4.69) is 9.72 Å². The number of benzene rings is 1. The number of hydrogen-bond donors (Lipinski definition) is 0. The standard InChI is InChI=1S/C18H19FN2O3/c1-21(17-5-3-4-10-20-17)11-12-24-16-8-6-14(13-15(16)19)7-9-18(22)23-2/h3-10,13H,11-12H2,1-2H3/b9-7+. The van der Waals surface area contributed by atoms with Gasteiger partial charge in [0.1, 0.15) is 12.4 Å². The Bertz CT molecular complexity index is 705. The van der Waals surface area contributed by atoms with Crippen molar-refractivity contribution in [1.82, 2.24) is 4.98 Å². The van der Waals surface area contributed by atoms with Crippen LogP contribution in [-0.4, -0.2) is 38.3 Å². The van der Waals surface area contributed by atoms with Crippen molar-refractivity contribution in [2.75, 3.05) is 32.2 Å². The van der Waals surface area contributed by atoms with Gasteiger partial charge in [0.2, 0.25) is 0 Å². The Morgan fingerprint density at radius 1 is 1.33 bits per heavy atom. The summed E-state index contributed by atoms with van der Waals surface area (Å²) in [6, 6.07) is 10.1. The molecular formula is C18H19FN2O3. The molecule has 126 valence electrons. The topological polar surface area (TPSA) is 51.7 Å². The summed E-state index contributed by atoms with van der Waals surface area (Å²) in [6.45, 7) is 0.891. The monoisotopic (exact) mass is 330 g/mol. The maximum Gasteiger partial charge on any atom is 0.330 e. The zero-order valence-electron chi connectivity index (χ0n) is 13.6. The van der Waals surface area contributed by atoms with E-state index in [0.29, 0.717) is 18.7 Å². The smallest absolute Gasteiger partial charge is 0.330 e. The average molecular weight is 330 g/mol. The number of ether oxygens (including phenoxy) is 2. The number of esters is 1. The van der Waals surface area contributed by atoms with E-state index in [0.717, 1.165) is 5.82 Å². The molecular weight excluding hydrogens is 311 g/mol. The summed E-state index contributed by atoms with van der Waals surface area (Å²) >= 11 is 0. The van der Waals surface area contributed by atoms with E-state index in [-0.39, 0.29) is 5.75 Å². The van der Waals surface area contributed by atoms with Crippen LogP contribution in [0.2, 0.25) is 0 Å². The third kappa shape index (κ3) is 5.08. The first-order valence-corrected chi connectivity index (χ1v) is 7.40. The average Bonchev–Trinajstić information content (AvgIpc) is 2.61. The fourth-order valence-electron chi connectivity index (χ4n) is 1.96. The van der Waals surface area contributed by atoms with Crippen molar-refractivity contribution < 1.29 is 18.7 Å². The Balaban J connectivity index is 1.89.